The summed E-state index contributed by atoms with van der Waals surface area (Å²) in [5.41, 5.74) is 5.22. The molecule has 11 nitrogen and oxygen atoms in total. The minimum Gasteiger partial charge on any atom is -0.481 e. The molecule has 1 aliphatic heterocycles. The van der Waals surface area contributed by atoms with Crippen LogP contribution in [0.3, 0.4) is 0 Å². The normalized spacial score (nSPS) is 18.4. The smallest absolute Gasteiger partial charge is 0.326 e. The third-order valence-electron chi connectivity index (χ3n) is 4.54. The van der Waals surface area contributed by atoms with E-state index in [-0.39, 0.29) is 31.8 Å². The zero-order valence-corrected chi connectivity index (χ0v) is 16.0. The highest BCUT2D eigenvalue weighted by molar-refractivity contribution is 5.94. The van der Waals surface area contributed by atoms with Crippen molar-refractivity contribution in [3.05, 3.63) is 0 Å². The number of carbonyl (C=O) groups is 5. The van der Waals surface area contributed by atoms with Gasteiger partial charge in [0.25, 0.3) is 0 Å². The van der Waals surface area contributed by atoms with Gasteiger partial charge in [0.15, 0.2) is 0 Å². The Hall–Kier alpha value is -2.69. The molecule has 0 aliphatic carbocycles. The lowest BCUT2D eigenvalue weighted by atomic mass is 10.0. The highest BCUT2D eigenvalue weighted by Gasteiger charge is 2.39. The van der Waals surface area contributed by atoms with Crippen molar-refractivity contribution in [3.63, 3.8) is 0 Å². The molecule has 3 amide bonds. The van der Waals surface area contributed by atoms with E-state index in [0.717, 1.165) is 0 Å². The Morgan fingerprint density at radius 3 is 2.29 bits per heavy atom. The summed E-state index contributed by atoms with van der Waals surface area (Å²) >= 11 is 0. The van der Waals surface area contributed by atoms with Crippen molar-refractivity contribution < 1.29 is 34.2 Å². The highest BCUT2D eigenvalue weighted by atomic mass is 16.4. The van der Waals surface area contributed by atoms with Gasteiger partial charge in [-0.05, 0) is 25.2 Å². The van der Waals surface area contributed by atoms with Crippen molar-refractivity contribution in [1.82, 2.24) is 15.5 Å². The van der Waals surface area contributed by atoms with Crippen molar-refractivity contribution in [1.29, 1.82) is 0 Å². The van der Waals surface area contributed by atoms with Crippen LogP contribution in [0.25, 0.3) is 0 Å². The highest BCUT2D eigenvalue weighted by Crippen LogP contribution is 2.20. The quantitative estimate of drug-likeness (QED) is 0.294. The maximum absolute atomic E-state index is 12.9. The van der Waals surface area contributed by atoms with Crippen molar-refractivity contribution >= 4 is 29.7 Å². The predicted octanol–water partition coefficient (Wildman–Crippen LogP) is -1.49. The third-order valence-corrected chi connectivity index (χ3v) is 4.54. The topological polar surface area (TPSA) is 179 Å². The van der Waals surface area contributed by atoms with E-state index in [4.69, 9.17) is 10.8 Å². The number of carbonyl (C=O) groups excluding carboxylic acids is 3. The lowest BCUT2D eigenvalue weighted by molar-refractivity contribution is -0.150. The molecule has 0 aromatic carbocycles. The zero-order chi connectivity index (χ0) is 21.4. The third kappa shape index (κ3) is 6.48. The molecule has 0 aromatic heterocycles. The Bertz CT molecular complexity index is 623. The zero-order valence-electron chi connectivity index (χ0n) is 16.0. The fourth-order valence-electron chi connectivity index (χ4n) is 3.02. The van der Waals surface area contributed by atoms with Crippen LogP contribution in [-0.2, 0) is 24.0 Å². The molecule has 0 saturated carbocycles. The van der Waals surface area contributed by atoms with Crippen LogP contribution in [0.1, 0.15) is 39.5 Å². The first kappa shape index (κ1) is 23.3. The standard InChI is InChI=1S/C17H28N4O7/c1-9(2)14(16(26)21-7-3-4-11(21)17(27)28)20-15(25)10(5-6-13(23)24)19-12(22)8-18/h9-11,14H,3-8,18H2,1-2H3,(H,19,22)(H,20,25)(H,23,24)(H,27,28). The van der Waals surface area contributed by atoms with Gasteiger partial charge in [-0.25, -0.2) is 4.79 Å². The van der Waals surface area contributed by atoms with Crippen LogP contribution >= 0.6 is 0 Å². The number of nitrogens with zero attached hydrogens (tertiary/aromatic N) is 1. The molecule has 0 spiro atoms. The monoisotopic (exact) mass is 400 g/mol. The summed E-state index contributed by atoms with van der Waals surface area (Å²) in [4.78, 5) is 60.4. The van der Waals surface area contributed by atoms with Gasteiger partial charge >= 0.3 is 11.9 Å². The van der Waals surface area contributed by atoms with E-state index < -0.39 is 47.8 Å². The number of nitrogens with one attached hydrogen (secondary N) is 2. The number of rotatable bonds is 10. The minimum absolute atomic E-state index is 0.173. The molecule has 0 bridgehead atoms. The summed E-state index contributed by atoms with van der Waals surface area (Å²) in [5, 5.41) is 23.0. The molecular formula is C17H28N4O7. The fraction of sp³-hybridized carbons (Fsp3) is 0.706. The van der Waals surface area contributed by atoms with Crippen LogP contribution in [0.4, 0.5) is 0 Å². The van der Waals surface area contributed by atoms with E-state index in [9.17, 15) is 29.1 Å². The summed E-state index contributed by atoms with van der Waals surface area (Å²) in [6, 6.07) is -3.12. The summed E-state index contributed by atoms with van der Waals surface area (Å²) in [6.07, 6.45) is 0.354. The Morgan fingerprint density at radius 1 is 1.14 bits per heavy atom. The van der Waals surface area contributed by atoms with E-state index in [1.165, 1.54) is 4.90 Å². The van der Waals surface area contributed by atoms with Crippen LogP contribution in [0.5, 0.6) is 0 Å². The van der Waals surface area contributed by atoms with Gasteiger partial charge < -0.3 is 31.5 Å². The first-order chi connectivity index (χ1) is 13.1. The largest absolute Gasteiger partial charge is 0.481 e. The number of hydrogen-bond donors (Lipinski definition) is 5. The van der Waals surface area contributed by atoms with Gasteiger partial charge in [-0.15, -0.1) is 0 Å². The molecule has 3 unspecified atom stereocenters. The van der Waals surface area contributed by atoms with Crippen LogP contribution in [0, 0.1) is 5.92 Å². The molecule has 158 valence electrons. The summed E-state index contributed by atoms with van der Waals surface area (Å²) in [6.45, 7) is 3.29. The number of carboxylic acids is 2. The number of hydrogen-bond acceptors (Lipinski definition) is 6. The van der Waals surface area contributed by atoms with Gasteiger partial charge in [0.05, 0.1) is 6.54 Å². The van der Waals surface area contributed by atoms with Crippen LogP contribution < -0.4 is 16.4 Å². The second-order valence-corrected chi connectivity index (χ2v) is 7.01. The second-order valence-electron chi connectivity index (χ2n) is 7.01. The molecule has 1 rings (SSSR count). The Kier molecular flexibility index (Phi) is 8.83. The van der Waals surface area contributed by atoms with Crippen LogP contribution in [0.15, 0.2) is 0 Å². The maximum Gasteiger partial charge on any atom is 0.326 e. The average Bonchev–Trinajstić information content (AvgIpc) is 3.11. The lowest BCUT2D eigenvalue weighted by Gasteiger charge is -2.30. The van der Waals surface area contributed by atoms with Crippen molar-refractivity contribution in [2.24, 2.45) is 11.7 Å². The Balaban J connectivity index is 2.92. The number of likely N-dealkylation sites (tertiary alicyclic amines) is 1. The molecule has 11 heteroatoms. The van der Waals surface area contributed by atoms with Gasteiger partial charge in [0.2, 0.25) is 17.7 Å². The first-order valence-corrected chi connectivity index (χ1v) is 9.13. The predicted molar refractivity (Wildman–Crippen MR) is 97.0 cm³/mol. The van der Waals surface area contributed by atoms with Crippen LogP contribution in [-0.4, -0.2) is 76.0 Å². The summed E-state index contributed by atoms with van der Waals surface area (Å²) in [7, 11) is 0. The second kappa shape index (κ2) is 10.6. The Labute approximate surface area is 162 Å². The van der Waals surface area contributed by atoms with Crippen molar-refractivity contribution in [2.75, 3.05) is 13.1 Å². The molecule has 28 heavy (non-hydrogen) atoms. The van der Waals surface area contributed by atoms with Gasteiger partial charge in [0, 0.05) is 13.0 Å². The van der Waals surface area contributed by atoms with E-state index in [2.05, 4.69) is 10.6 Å². The van der Waals surface area contributed by atoms with Crippen molar-refractivity contribution in [3.8, 4) is 0 Å². The van der Waals surface area contributed by atoms with E-state index in [1.54, 1.807) is 13.8 Å². The number of amides is 3. The summed E-state index contributed by atoms with van der Waals surface area (Å²) in [5.74, 6) is -4.47. The van der Waals surface area contributed by atoms with E-state index in [0.29, 0.717) is 12.8 Å². The molecule has 3 atom stereocenters. The molecule has 0 radical (unpaired) electrons. The van der Waals surface area contributed by atoms with Gasteiger partial charge in [-0.2, -0.15) is 0 Å². The number of carboxylic acid groups (broad SMARTS) is 2. The molecule has 1 aliphatic rings. The summed E-state index contributed by atoms with van der Waals surface area (Å²) < 4.78 is 0. The van der Waals surface area contributed by atoms with E-state index in [1.807, 2.05) is 0 Å². The molecule has 1 fully saturated rings. The lowest BCUT2D eigenvalue weighted by Crippen LogP contribution is -2.57. The molecular weight excluding hydrogens is 372 g/mol. The SMILES string of the molecule is CC(C)C(NC(=O)C(CCC(=O)O)NC(=O)CN)C(=O)N1CCCC1C(=O)O. The van der Waals surface area contributed by atoms with Crippen LogP contribution in [0.2, 0.25) is 0 Å². The number of aliphatic carboxylic acids is 2. The van der Waals surface area contributed by atoms with Gasteiger partial charge in [-0.1, -0.05) is 13.8 Å². The Morgan fingerprint density at radius 2 is 1.79 bits per heavy atom. The van der Waals surface area contributed by atoms with Gasteiger partial charge in [0.1, 0.15) is 18.1 Å². The average molecular weight is 400 g/mol. The molecule has 1 saturated heterocycles. The first-order valence-electron chi connectivity index (χ1n) is 9.13. The van der Waals surface area contributed by atoms with Crippen molar-refractivity contribution in [2.45, 2.75) is 57.7 Å². The minimum atomic E-state index is -1.17. The van der Waals surface area contributed by atoms with Gasteiger partial charge in [-0.3, -0.25) is 19.2 Å². The molecule has 6 N–H and O–H groups in total. The fourth-order valence-corrected chi connectivity index (χ4v) is 3.02. The molecule has 0 aromatic rings. The number of nitrogens with two attached hydrogens (primary N) is 1. The molecule has 1 heterocycles. The maximum atomic E-state index is 12.9. The van der Waals surface area contributed by atoms with E-state index >= 15 is 0 Å².